The van der Waals surface area contributed by atoms with Gasteiger partial charge in [-0.05, 0) is 28.7 Å². The fourth-order valence-corrected chi connectivity index (χ4v) is 4.57. The molecule has 1 unspecified atom stereocenters. The summed E-state index contributed by atoms with van der Waals surface area (Å²) in [5, 5.41) is 24.3. The summed E-state index contributed by atoms with van der Waals surface area (Å²) in [5.41, 5.74) is 4.47. The molecule has 34 heavy (non-hydrogen) atoms. The number of fused-ring (bicyclic) bond motifs is 3. The lowest BCUT2D eigenvalue weighted by atomic mass is 9.98. The molecule has 1 fully saturated rings. The summed E-state index contributed by atoms with van der Waals surface area (Å²) in [6, 6.07) is 16.0. The highest BCUT2D eigenvalue weighted by molar-refractivity contribution is 5.79. The summed E-state index contributed by atoms with van der Waals surface area (Å²) < 4.78 is 10.6. The zero-order valence-corrected chi connectivity index (χ0v) is 18.6. The second kappa shape index (κ2) is 10.7. The van der Waals surface area contributed by atoms with Crippen molar-refractivity contribution in [3.63, 3.8) is 0 Å². The molecule has 4 rings (SSSR count). The average Bonchev–Trinajstić information content (AvgIpc) is 3.43. The lowest BCUT2D eigenvalue weighted by molar-refractivity contribution is -0.149. The predicted molar refractivity (Wildman–Crippen MR) is 122 cm³/mol. The van der Waals surface area contributed by atoms with Gasteiger partial charge in [0, 0.05) is 31.5 Å². The minimum Gasteiger partial charge on any atom is -0.479 e. The smallest absolute Gasteiger partial charge is 0.407 e. The van der Waals surface area contributed by atoms with Gasteiger partial charge in [-0.25, -0.2) is 9.59 Å². The van der Waals surface area contributed by atoms with Crippen molar-refractivity contribution in [2.24, 2.45) is 5.92 Å². The number of amides is 2. The van der Waals surface area contributed by atoms with Crippen molar-refractivity contribution in [1.29, 1.82) is 0 Å². The number of aliphatic carboxylic acids is 1. The molecule has 1 heterocycles. The van der Waals surface area contributed by atoms with Crippen molar-refractivity contribution >= 4 is 18.0 Å². The largest absolute Gasteiger partial charge is 0.479 e. The van der Waals surface area contributed by atoms with Crippen LogP contribution < -0.4 is 10.6 Å². The molecule has 3 atom stereocenters. The molecule has 2 aliphatic rings. The number of carboxylic acid groups (broad SMARTS) is 1. The molecule has 1 aliphatic heterocycles. The molecular weight excluding hydrogens is 440 g/mol. The number of carbonyl (C=O) groups excluding carboxylic acids is 2. The van der Waals surface area contributed by atoms with Gasteiger partial charge in [0.25, 0.3) is 0 Å². The first-order valence-electron chi connectivity index (χ1n) is 11.3. The quantitative estimate of drug-likeness (QED) is 0.441. The van der Waals surface area contributed by atoms with E-state index in [1.165, 1.54) is 0 Å². The van der Waals surface area contributed by atoms with Crippen molar-refractivity contribution in [3.05, 3.63) is 59.7 Å². The molecule has 2 aromatic rings. The van der Waals surface area contributed by atoms with Crippen LogP contribution in [0, 0.1) is 5.92 Å². The van der Waals surface area contributed by atoms with E-state index in [2.05, 4.69) is 22.8 Å². The van der Waals surface area contributed by atoms with E-state index < -0.39 is 30.2 Å². The minimum atomic E-state index is -1.10. The lowest BCUT2D eigenvalue weighted by Gasteiger charge is -2.17. The van der Waals surface area contributed by atoms with Crippen molar-refractivity contribution in [2.45, 2.75) is 31.0 Å². The third-order valence-corrected chi connectivity index (χ3v) is 6.27. The molecule has 0 aromatic heterocycles. The number of ether oxygens (including phenoxy) is 2. The number of aliphatic hydroxyl groups excluding tert-OH is 1. The molecule has 0 radical (unpaired) electrons. The van der Waals surface area contributed by atoms with E-state index in [-0.39, 0.29) is 38.0 Å². The molecule has 0 bridgehead atoms. The number of benzene rings is 2. The fraction of sp³-hybridized carbons (Fsp3) is 0.400. The Bertz CT molecular complexity index is 1010. The van der Waals surface area contributed by atoms with E-state index >= 15 is 0 Å². The van der Waals surface area contributed by atoms with Gasteiger partial charge in [0.1, 0.15) is 6.61 Å². The van der Waals surface area contributed by atoms with E-state index in [1.807, 2.05) is 36.4 Å². The van der Waals surface area contributed by atoms with Gasteiger partial charge in [0.15, 0.2) is 6.10 Å². The Morgan fingerprint density at radius 2 is 1.68 bits per heavy atom. The van der Waals surface area contributed by atoms with Crippen LogP contribution in [0.15, 0.2) is 48.5 Å². The molecule has 1 saturated heterocycles. The Kier molecular flexibility index (Phi) is 7.44. The Morgan fingerprint density at radius 1 is 1.03 bits per heavy atom. The van der Waals surface area contributed by atoms with E-state index in [0.29, 0.717) is 13.0 Å². The summed E-state index contributed by atoms with van der Waals surface area (Å²) in [7, 11) is 0. The van der Waals surface area contributed by atoms with Crippen LogP contribution in [0.5, 0.6) is 0 Å². The molecule has 0 spiro atoms. The molecule has 180 valence electrons. The zero-order valence-electron chi connectivity index (χ0n) is 18.6. The van der Waals surface area contributed by atoms with Crippen LogP contribution in [0.2, 0.25) is 0 Å². The number of carbonyl (C=O) groups is 3. The number of aliphatic hydroxyl groups is 1. The molecule has 9 heteroatoms. The maximum absolute atomic E-state index is 12.2. The second-order valence-electron chi connectivity index (χ2n) is 8.55. The summed E-state index contributed by atoms with van der Waals surface area (Å²) in [5.74, 6) is -1.86. The second-order valence-corrected chi connectivity index (χ2v) is 8.55. The van der Waals surface area contributed by atoms with Crippen molar-refractivity contribution in [1.82, 2.24) is 10.6 Å². The molecule has 0 saturated carbocycles. The topological polar surface area (TPSA) is 134 Å². The Balaban J connectivity index is 1.19. The summed E-state index contributed by atoms with van der Waals surface area (Å²) in [6.07, 6.45) is -2.39. The third kappa shape index (κ3) is 5.37. The predicted octanol–water partition coefficient (Wildman–Crippen LogP) is 1.88. The van der Waals surface area contributed by atoms with Crippen LogP contribution in [0.4, 0.5) is 4.79 Å². The number of alkyl carbamates (subject to hydrolysis) is 1. The van der Waals surface area contributed by atoms with Crippen molar-refractivity contribution in [2.75, 3.05) is 26.3 Å². The van der Waals surface area contributed by atoms with Crippen molar-refractivity contribution in [3.8, 4) is 11.1 Å². The average molecular weight is 469 g/mol. The highest BCUT2D eigenvalue weighted by Crippen LogP contribution is 2.44. The maximum Gasteiger partial charge on any atom is 0.407 e. The normalized spacial score (nSPS) is 19.7. The van der Waals surface area contributed by atoms with Gasteiger partial charge >= 0.3 is 12.1 Å². The molecule has 2 aromatic carbocycles. The van der Waals surface area contributed by atoms with Crippen LogP contribution in [-0.2, 0) is 19.1 Å². The third-order valence-electron chi connectivity index (χ3n) is 6.27. The van der Waals surface area contributed by atoms with E-state index in [4.69, 9.17) is 14.6 Å². The summed E-state index contributed by atoms with van der Waals surface area (Å²) in [4.78, 5) is 35.4. The number of nitrogens with one attached hydrogen (secondary N) is 2. The van der Waals surface area contributed by atoms with Crippen LogP contribution in [0.3, 0.4) is 0 Å². The molecule has 4 N–H and O–H groups in total. The first kappa shape index (κ1) is 23.7. The van der Waals surface area contributed by atoms with Gasteiger partial charge in [0.2, 0.25) is 5.91 Å². The van der Waals surface area contributed by atoms with E-state index in [0.717, 1.165) is 22.3 Å². The minimum absolute atomic E-state index is 0.0666. The molecule has 9 nitrogen and oxygen atoms in total. The highest BCUT2D eigenvalue weighted by atomic mass is 16.5. The highest BCUT2D eigenvalue weighted by Gasteiger charge is 2.34. The Labute approximate surface area is 197 Å². The molecule has 1 aliphatic carbocycles. The van der Waals surface area contributed by atoms with Crippen LogP contribution >= 0.6 is 0 Å². The standard InChI is InChI=1S/C25H28N2O7/c28-16(11-22(29)26-12-15-9-10-33-23(15)24(30)31)13-27-25(32)34-14-21-19-7-3-1-5-17(19)18-6-2-4-8-20(18)21/h1-8,15-16,21,23,28H,9-14H2,(H,26,29)(H,27,32)(H,30,31)/t15-,16?,23-/m1/s1. The maximum atomic E-state index is 12.2. The number of rotatable bonds is 9. The van der Waals surface area contributed by atoms with Crippen LogP contribution in [0.1, 0.15) is 29.9 Å². The molecule has 2 amide bonds. The van der Waals surface area contributed by atoms with Crippen LogP contribution in [0.25, 0.3) is 11.1 Å². The van der Waals surface area contributed by atoms with E-state index in [9.17, 15) is 19.5 Å². The van der Waals surface area contributed by atoms with E-state index in [1.54, 1.807) is 0 Å². The lowest BCUT2D eigenvalue weighted by Crippen LogP contribution is -2.39. The van der Waals surface area contributed by atoms with Gasteiger partial charge < -0.3 is 30.3 Å². The van der Waals surface area contributed by atoms with Crippen molar-refractivity contribution < 1.29 is 34.1 Å². The Morgan fingerprint density at radius 3 is 2.32 bits per heavy atom. The number of hydrogen-bond donors (Lipinski definition) is 4. The number of carboxylic acids is 1. The summed E-state index contributed by atoms with van der Waals surface area (Å²) in [6.45, 7) is 0.505. The van der Waals surface area contributed by atoms with Gasteiger partial charge in [-0.1, -0.05) is 48.5 Å². The number of hydrogen-bond acceptors (Lipinski definition) is 6. The zero-order chi connectivity index (χ0) is 24.1. The first-order chi connectivity index (χ1) is 16.4. The SMILES string of the molecule is O=C(CC(O)CNC(=O)OCC1c2ccccc2-c2ccccc21)NC[C@H]1CCO[C@H]1C(=O)O. The monoisotopic (exact) mass is 468 g/mol. The fourth-order valence-electron chi connectivity index (χ4n) is 4.57. The van der Waals surface area contributed by atoms with Gasteiger partial charge in [-0.15, -0.1) is 0 Å². The Hall–Kier alpha value is -3.43. The van der Waals surface area contributed by atoms with Gasteiger partial charge in [0.05, 0.1) is 12.5 Å². The van der Waals surface area contributed by atoms with Gasteiger partial charge in [-0.2, -0.15) is 0 Å². The summed E-state index contributed by atoms with van der Waals surface area (Å²) >= 11 is 0. The molecular formula is C25H28N2O7. The van der Waals surface area contributed by atoms with Crippen LogP contribution in [-0.4, -0.2) is 66.7 Å². The van der Waals surface area contributed by atoms with Gasteiger partial charge in [-0.3, -0.25) is 4.79 Å². The first-order valence-corrected chi connectivity index (χ1v) is 11.3.